The Morgan fingerprint density at radius 2 is 2.03 bits per heavy atom. The van der Waals surface area contributed by atoms with Gasteiger partial charge in [-0.15, -0.1) is 0 Å². The molecule has 35 heavy (non-hydrogen) atoms. The highest BCUT2D eigenvalue weighted by molar-refractivity contribution is 6.31. The number of carbonyl (C=O) groups is 1. The summed E-state index contributed by atoms with van der Waals surface area (Å²) in [6.07, 6.45) is 6.30. The third-order valence-corrected chi connectivity index (χ3v) is 7.20. The number of imidazole rings is 1. The molecule has 2 aromatic carbocycles. The Morgan fingerprint density at radius 1 is 1.23 bits per heavy atom. The summed E-state index contributed by atoms with van der Waals surface area (Å²) in [6.45, 7) is 5.62. The second-order valence-electron chi connectivity index (χ2n) is 9.96. The Bertz CT molecular complexity index is 1130. The quantitative estimate of drug-likeness (QED) is 0.415. The Labute approximate surface area is 213 Å². The molecule has 1 saturated heterocycles. The number of aryl methyl sites for hydroxylation is 2. The van der Waals surface area contributed by atoms with Crippen molar-refractivity contribution in [2.45, 2.75) is 39.3 Å². The monoisotopic (exact) mass is 494 g/mol. The number of hydrogen-bond acceptors (Lipinski definition) is 4. The van der Waals surface area contributed by atoms with Crippen molar-refractivity contribution in [1.82, 2.24) is 19.4 Å². The number of likely N-dealkylation sites (tertiary alicyclic amines) is 1. The molecule has 0 radical (unpaired) electrons. The van der Waals surface area contributed by atoms with E-state index < -0.39 is 0 Å². The highest BCUT2D eigenvalue weighted by atomic mass is 35.5. The van der Waals surface area contributed by atoms with Crippen molar-refractivity contribution in [2.75, 3.05) is 26.7 Å². The Hall–Kier alpha value is -2.83. The topological polar surface area (TPSA) is 50.6 Å². The number of carbonyl (C=O) groups excluding carboxylic acids is 1. The van der Waals surface area contributed by atoms with Crippen LogP contribution < -0.4 is 4.74 Å². The summed E-state index contributed by atoms with van der Waals surface area (Å²) in [5.41, 5.74) is 2.89. The first kappa shape index (κ1) is 25.3. The molecule has 0 unspecified atom stereocenters. The summed E-state index contributed by atoms with van der Waals surface area (Å²) in [5, 5.41) is 0.726. The molecule has 1 amide bonds. The molecule has 0 N–H and O–H groups in total. The minimum atomic E-state index is -0.275. The summed E-state index contributed by atoms with van der Waals surface area (Å²) < 4.78 is 8.28. The highest BCUT2D eigenvalue weighted by Crippen LogP contribution is 2.36. The van der Waals surface area contributed by atoms with Crippen LogP contribution in [0.1, 0.15) is 36.1 Å². The maximum atomic E-state index is 13.4. The largest absolute Gasteiger partial charge is 0.493 e. The van der Waals surface area contributed by atoms with Gasteiger partial charge in [0.1, 0.15) is 5.75 Å². The lowest BCUT2D eigenvalue weighted by Crippen LogP contribution is -2.48. The number of halogens is 1. The zero-order valence-corrected chi connectivity index (χ0v) is 21.7. The first-order valence-corrected chi connectivity index (χ1v) is 12.6. The number of ether oxygens (including phenoxy) is 1. The van der Waals surface area contributed by atoms with Crippen LogP contribution in [0.2, 0.25) is 5.02 Å². The molecule has 4 rings (SSSR count). The van der Waals surface area contributed by atoms with E-state index in [-0.39, 0.29) is 11.3 Å². The van der Waals surface area contributed by atoms with E-state index in [1.807, 2.05) is 73.2 Å². The molecule has 0 aliphatic carbocycles. The van der Waals surface area contributed by atoms with Gasteiger partial charge in [-0.1, -0.05) is 41.9 Å². The minimum Gasteiger partial charge on any atom is -0.493 e. The van der Waals surface area contributed by atoms with Gasteiger partial charge in [-0.05, 0) is 55.6 Å². The molecule has 1 aliphatic rings. The Balaban J connectivity index is 1.49. The van der Waals surface area contributed by atoms with Crippen LogP contribution in [0.5, 0.6) is 5.75 Å². The molecule has 3 aromatic rings. The third kappa shape index (κ3) is 6.86. The van der Waals surface area contributed by atoms with Gasteiger partial charge in [-0.25, -0.2) is 4.98 Å². The molecule has 6 nitrogen and oxygen atoms in total. The van der Waals surface area contributed by atoms with Crippen molar-refractivity contribution >= 4 is 17.5 Å². The van der Waals surface area contributed by atoms with E-state index in [0.29, 0.717) is 19.6 Å². The molecule has 1 fully saturated rings. The van der Waals surface area contributed by atoms with Gasteiger partial charge in [-0.2, -0.15) is 0 Å². The molecule has 2 heterocycles. The average Bonchev–Trinajstić information content (AvgIpc) is 3.25. The second kappa shape index (κ2) is 11.3. The number of aromatic nitrogens is 2. The van der Waals surface area contributed by atoms with Gasteiger partial charge in [0.15, 0.2) is 0 Å². The van der Waals surface area contributed by atoms with E-state index in [1.54, 1.807) is 0 Å². The van der Waals surface area contributed by atoms with E-state index in [1.165, 1.54) is 0 Å². The molecule has 0 saturated carbocycles. The molecule has 0 spiro atoms. The van der Waals surface area contributed by atoms with Crippen LogP contribution >= 0.6 is 11.6 Å². The zero-order valence-electron chi connectivity index (χ0n) is 20.9. The standard InChI is InChI=1S/C28H35ClN4O2/c1-22-14-25(10-11-26(22)29)35-20-28(15-27(34)32(3)16-23-8-5-4-6-9-23)12-7-13-33(19-28)18-24-17-31(2)21-30-24/h4-6,8-11,14,17,21H,7,12-13,15-16,18-20H2,1-3H3/t28-/m0/s1. The van der Waals surface area contributed by atoms with Crippen LogP contribution in [-0.2, 0) is 24.9 Å². The number of piperidine rings is 1. The minimum absolute atomic E-state index is 0.143. The van der Waals surface area contributed by atoms with Gasteiger partial charge >= 0.3 is 0 Å². The number of hydrogen-bond donors (Lipinski definition) is 0. The number of nitrogens with zero attached hydrogens (tertiary/aromatic N) is 4. The molecular formula is C28H35ClN4O2. The smallest absolute Gasteiger partial charge is 0.223 e. The van der Waals surface area contributed by atoms with E-state index in [2.05, 4.69) is 28.2 Å². The third-order valence-electron chi connectivity index (χ3n) is 6.77. The normalized spacial score (nSPS) is 18.4. The molecule has 1 aliphatic heterocycles. The van der Waals surface area contributed by atoms with Crippen molar-refractivity contribution in [1.29, 1.82) is 0 Å². The van der Waals surface area contributed by atoms with Crippen LogP contribution in [0.3, 0.4) is 0 Å². The lowest BCUT2D eigenvalue weighted by Gasteiger charge is -2.42. The van der Waals surface area contributed by atoms with Gasteiger partial charge in [0.05, 0.1) is 18.6 Å². The van der Waals surface area contributed by atoms with Crippen LogP contribution in [0.4, 0.5) is 0 Å². The van der Waals surface area contributed by atoms with Gasteiger partial charge in [-0.3, -0.25) is 9.69 Å². The summed E-state index contributed by atoms with van der Waals surface area (Å²) in [5.74, 6) is 0.933. The Kier molecular flexibility index (Phi) is 8.14. The maximum absolute atomic E-state index is 13.4. The SMILES string of the molecule is Cc1cc(OC[C@]2(CC(=O)N(C)Cc3ccccc3)CCCN(Cc3cn(C)cn3)C2)ccc1Cl. The summed E-state index contributed by atoms with van der Waals surface area (Å²) in [6, 6.07) is 15.9. The molecular weight excluding hydrogens is 460 g/mol. The predicted octanol–water partition coefficient (Wildman–Crippen LogP) is 5.09. The summed E-state index contributed by atoms with van der Waals surface area (Å²) in [7, 11) is 3.88. The molecule has 7 heteroatoms. The van der Waals surface area contributed by atoms with Crippen LogP contribution in [0.15, 0.2) is 61.1 Å². The fourth-order valence-corrected chi connectivity index (χ4v) is 5.00. The van der Waals surface area contributed by atoms with Gasteiger partial charge < -0.3 is 14.2 Å². The lowest BCUT2D eigenvalue weighted by molar-refractivity contribution is -0.135. The highest BCUT2D eigenvalue weighted by Gasteiger charge is 2.39. The fraction of sp³-hybridized carbons (Fsp3) is 0.429. The van der Waals surface area contributed by atoms with E-state index in [4.69, 9.17) is 16.3 Å². The molecule has 1 aromatic heterocycles. The van der Waals surface area contributed by atoms with Crippen molar-refractivity contribution in [2.24, 2.45) is 12.5 Å². The number of amides is 1. The zero-order chi connectivity index (χ0) is 24.8. The maximum Gasteiger partial charge on any atom is 0.223 e. The second-order valence-corrected chi connectivity index (χ2v) is 10.4. The van der Waals surface area contributed by atoms with E-state index >= 15 is 0 Å². The van der Waals surface area contributed by atoms with Gasteiger partial charge in [0.2, 0.25) is 5.91 Å². The van der Waals surface area contributed by atoms with E-state index in [9.17, 15) is 4.79 Å². The summed E-state index contributed by atoms with van der Waals surface area (Å²) in [4.78, 5) is 22.2. The Morgan fingerprint density at radius 3 is 2.74 bits per heavy atom. The van der Waals surface area contributed by atoms with E-state index in [0.717, 1.165) is 60.1 Å². The average molecular weight is 495 g/mol. The van der Waals surface area contributed by atoms with Crippen LogP contribution in [-0.4, -0.2) is 52.0 Å². The number of rotatable bonds is 9. The molecule has 0 bridgehead atoms. The summed E-state index contributed by atoms with van der Waals surface area (Å²) >= 11 is 6.20. The predicted molar refractivity (Wildman–Crippen MR) is 139 cm³/mol. The van der Waals surface area contributed by atoms with Crippen molar-refractivity contribution < 1.29 is 9.53 Å². The van der Waals surface area contributed by atoms with Crippen molar-refractivity contribution in [3.05, 3.63) is 82.9 Å². The van der Waals surface area contributed by atoms with Crippen molar-refractivity contribution in [3.8, 4) is 5.75 Å². The van der Waals surface area contributed by atoms with Crippen LogP contribution in [0, 0.1) is 12.3 Å². The fourth-order valence-electron chi connectivity index (χ4n) is 4.88. The van der Waals surface area contributed by atoms with Crippen molar-refractivity contribution in [3.63, 3.8) is 0 Å². The first-order valence-electron chi connectivity index (χ1n) is 12.2. The first-order chi connectivity index (χ1) is 16.8. The molecule has 1 atom stereocenters. The van der Waals surface area contributed by atoms with Gasteiger partial charge in [0, 0.05) is 56.8 Å². The van der Waals surface area contributed by atoms with Crippen LogP contribution in [0.25, 0.3) is 0 Å². The number of benzene rings is 2. The molecule has 186 valence electrons. The van der Waals surface area contributed by atoms with Gasteiger partial charge in [0.25, 0.3) is 0 Å². The lowest BCUT2D eigenvalue weighted by atomic mass is 9.77.